The summed E-state index contributed by atoms with van der Waals surface area (Å²) in [6.45, 7) is 0.498. The average molecular weight is 329 g/mol. The second-order valence-corrected chi connectivity index (χ2v) is 5.67. The zero-order valence-electron chi connectivity index (χ0n) is 13.1. The summed E-state index contributed by atoms with van der Waals surface area (Å²) >= 11 is 0. The lowest BCUT2D eigenvalue weighted by atomic mass is 10.1. The van der Waals surface area contributed by atoms with Gasteiger partial charge in [0.05, 0.1) is 17.2 Å². The van der Waals surface area contributed by atoms with Gasteiger partial charge >= 0.3 is 0 Å². The fraction of sp³-hybridized carbons (Fsp3) is 0.235. The first-order valence-electron chi connectivity index (χ1n) is 7.50. The molecule has 1 aliphatic rings. The lowest BCUT2D eigenvalue weighted by molar-refractivity contribution is -0.384. The number of amides is 1. The number of fused-ring (bicyclic) bond motifs is 1. The molecule has 0 saturated carbocycles. The maximum absolute atomic E-state index is 13.8. The standard InChI is InChI=1S/C17H16FN3O3/c1-19(16-5-3-2-4-14(16)18)11-17(22)20-9-8-12-10-13(21(23)24)6-7-15(12)20/h2-7,10H,8-9,11H2,1H3. The molecule has 6 nitrogen and oxygen atoms in total. The number of benzene rings is 2. The number of hydrogen-bond donors (Lipinski definition) is 0. The molecule has 0 fully saturated rings. The van der Waals surface area contributed by atoms with Gasteiger partial charge in [0.15, 0.2) is 0 Å². The van der Waals surface area contributed by atoms with E-state index in [-0.39, 0.29) is 24.0 Å². The third-order valence-electron chi connectivity index (χ3n) is 4.11. The highest BCUT2D eigenvalue weighted by molar-refractivity contribution is 5.98. The Hall–Kier alpha value is -2.96. The van der Waals surface area contributed by atoms with E-state index < -0.39 is 4.92 Å². The van der Waals surface area contributed by atoms with Gasteiger partial charge in [0, 0.05) is 31.4 Å². The summed E-state index contributed by atoms with van der Waals surface area (Å²) in [5.41, 5.74) is 1.85. The Morgan fingerprint density at radius 1 is 1.33 bits per heavy atom. The minimum Gasteiger partial charge on any atom is -0.363 e. The van der Waals surface area contributed by atoms with Crippen molar-refractivity contribution in [1.29, 1.82) is 0 Å². The highest BCUT2D eigenvalue weighted by Gasteiger charge is 2.27. The molecule has 1 aliphatic heterocycles. The van der Waals surface area contributed by atoms with Crippen LogP contribution in [0.25, 0.3) is 0 Å². The molecule has 0 N–H and O–H groups in total. The summed E-state index contributed by atoms with van der Waals surface area (Å²) in [5, 5.41) is 10.8. The zero-order valence-corrected chi connectivity index (χ0v) is 13.1. The van der Waals surface area contributed by atoms with E-state index in [1.807, 2.05) is 0 Å². The van der Waals surface area contributed by atoms with Gasteiger partial charge in [-0.3, -0.25) is 14.9 Å². The second-order valence-electron chi connectivity index (χ2n) is 5.67. The Bertz CT molecular complexity index is 809. The fourth-order valence-electron chi connectivity index (χ4n) is 2.90. The molecule has 3 rings (SSSR count). The molecular weight excluding hydrogens is 313 g/mol. The van der Waals surface area contributed by atoms with Crippen LogP contribution in [0.15, 0.2) is 42.5 Å². The molecule has 0 aliphatic carbocycles. The lowest BCUT2D eigenvalue weighted by Gasteiger charge is -2.23. The van der Waals surface area contributed by atoms with Crippen molar-refractivity contribution >= 4 is 23.0 Å². The van der Waals surface area contributed by atoms with Crippen molar-refractivity contribution in [3.05, 3.63) is 64.0 Å². The number of nitro benzene ring substituents is 1. The molecule has 0 unspecified atom stereocenters. The van der Waals surface area contributed by atoms with Gasteiger partial charge in [-0.15, -0.1) is 0 Å². The average Bonchev–Trinajstić information content (AvgIpc) is 2.98. The summed E-state index contributed by atoms with van der Waals surface area (Å²) in [6.07, 6.45) is 0.576. The third kappa shape index (κ3) is 2.92. The normalized spacial score (nSPS) is 12.8. The Labute approximate surface area is 138 Å². The maximum Gasteiger partial charge on any atom is 0.269 e. The van der Waals surface area contributed by atoms with Gasteiger partial charge in [-0.25, -0.2) is 4.39 Å². The van der Waals surface area contributed by atoms with Crippen molar-refractivity contribution in [1.82, 2.24) is 0 Å². The van der Waals surface area contributed by atoms with Gasteiger partial charge < -0.3 is 9.80 Å². The minimum absolute atomic E-state index is 0.0199. The van der Waals surface area contributed by atoms with Crippen molar-refractivity contribution in [3.63, 3.8) is 0 Å². The molecule has 0 atom stereocenters. The number of carbonyl (C=O) groups is 1. The van der Waals surface area contributed by atoms with Crippen LogP contribution >= 0.6 is 0 Å². The number of anilines is 2. The Balaban J connectivity index is 1.76. The predicted octanol–water partition coefficient (Wildman–Crippen LogP) is 2.76. The second kappa shape index (κ2) is 6.27. The van der Waals surface area contributed by atoms with Crippen LogP contribution in [0.2, 0.25) is 0 Å². The number of likely N-dealkylation sites (N-methyl/N-ethyl adjacent to an activating group) is 1. The summed E-state index contributed by atoms with van der Waals surface area (Å²) in [4.78, 5) is 26.1. The molecule has 0 spiro atoms. The zero-order chi connectivity index (χ0) is 17.3. The van der Waals surface area contributed by atoms with Crippen molar-refractivity contribution in [2.24, 2.45) is 0 Å². The summed E-state index contributed by atoms with van der Waals surface area (Å²) in [6, 6.07) is 10.8. The molecule has 0 aromatic heterocycles. The van der Waals surface area contributed by atoms with Gasteiger partial charge in [-0.2, -0.15) is 0 Å². The van der Waals surface area contributed by atoms with E-state index in [4.69, 9.17) is 0 Å². The summed E-state index contributed by atoms with van der Waals surface area (Å²) < 4.78 is 13.8. The van der Waals surface area contributed by atoms with E-state index in [1.54, 1.807) is 41.1 Å². The molecule has 1 heterocycles. The molecular formula is C17H16FN3O3. The number of nitro groups is 1. The molecule has 1 amide bonds. The highest BCUT2D eigenvalue weighted by Crippen LogP contribution is 2.31. The molecule has 2 aromatic rings. The van der Waals surface area contributed by atoms with Crippen LogP contribution in [0, 0.1) is 15.9 Å². The maximum atomic E-state index is 13.8. The molecule has 0 bridgehead atoms. The van der Waals surface area contributed by atoms with Gasteiger partial charge in [0.1, 0.15) is 5.82 Å². The molecule has 0 radical (unpaired) electrons. The van der Waals surface area contributed by atoms with E-state index in [0.29, 0.717) is 24.3 Å². The highest BCUT2D eigenvalue weighted by atomic mass is 19.1. The minimum atomic E-state index is -0.448. The van der Waals surface area contributed by atoms with E-state index in [2.05, 4.69) is 0 Å². The molecule has 0 saturated heterocycles. The van der Waals surface area contributed by atoms with E-state index in [0.717, 1.165) is 5.56 Å². The smallest absolute Gasteiger partial charge is 0.269 e. The quantitative estimate of drug-likeness (QED) is 0.639. The first-order chi connectivity index (χ1) is 11.5. The van der Waals surface area contributed by atoms with E-state index >= 15 is 0 Å². The number of hydrogen-bond acceptors (Lipinski definition) is 4. The SMILES string of the molecule is CN(CC(=O)N1CCc2cc([N+](=O)[O-])ccc21)c1ccccc1F. The van der Waals surface area contributed by atoms with Crippen LogP contribution in [0.5, 0.6) is 0 Å². The largest absolute Gasteiger partial charge is 0.363 e. The van der Waals surface area contributed by atoms with Crippen LogP contribution in [0.4, 0.5) is 21.5 Å². The van der Waals surface area contributed by atoms with Gasteiger partial charge in [0.25, 0.3) is 5.69 Å². The molecule has 24 heavy (non-hydrogen) atoms. The van der Waals surface area contributed by atoms with Crippen LogP contribution in [0.3, 0.4) is 0 Å². The van der Waals surface area contributed by atoms with Crippen LogP contribution in [0.1, 0.15) is 5.56 Å². The summed E-state index contributed by atoms with van der Waals surface area (Å²) in [5.74, 6) is -0.557. The van der Waals surface area contributed by atoms with Crippen molar-refractivity contribution in [2.75, 3.05) is 29.9 Å². The fourth-order valence-corrected chi connectivity index (χ4v) is 2.90. The van der Waals surface area contributed by atoms with E-state index in [9.17, 15) is 19.3 Å². The van der Waals surface area contributed by atoms with Gasteiger partial charge in [0.2, 0.25) is 5.91 Å². The van der Waals surface area contributed by atoms with Crippen LogP contribution < -0.4 is 9.80 Å². The summed E-state index contributed by atoms with van der Waals surface area (Å²) in [7, 11) is 1.66. The number of non-ortho nitro benzene ring substituents is 1. The Morgan fingerprint density at radius 3 is 2.79 bits per heavy atom. The Kier molecular flexibility index (Phi) is 4.16. The third-order valence-corrected chi connectivity index (χ3v) is 4.11. The first-order valence-corrected chi connectivity index (χ1v) is 7.50. The number of rotatable bonds is 4. The predicted molar refractivity (Wildman–Crippen MR) is 88.8 cm³/mol. The first kappa shape index (κ1) is 15.9. The van der Waals surface area contributed by atoms with Gasteiger partial charge in [-0.1, -0.05) is 12.1 Å². The monoisotopic (exact) mass is 329 g/mol. The van der Waals surface area contributed by atoms with E-state index in [1.165, 1.54) is 18.2 Å². The Morgan fingerprint density at radius 2 is 2.08 bits per heavy atom. The van der Waals surface area contributed by atoms with Crippen molar-refractivity contribution in [3.8, 4) is 0 Å². The van der Waals surface area contributed by atoms with Crippen molar-refractivity contribution < 1.29 is 14.1 Å². The number of para-hydroxylation sites is 1. The van der Waals surface area contributed by atoms with Crippen LogP contribution in [-0.2, 0) is 11.2 Å². The molecule has 2 aromatic carbocycles. The van der Waals surface area contributed by atoms with Crippen molar-refractivity contribution in [2.45, 2.75) is 6.42 Å². The topological polar surface area (TPSA) is 66.7 Å². The number of halogens is 1. The molecule has 124 valence electrons. The number of nitrogens with zero attached hydrogens (tertiary/aromatic N) is 3. The lowest BCUT2D eigenvalue weighted by Crippen LogP contribution is -2.38. The number of carbonyl (C=O) groups excluding carboxylic acids is 1. The van der Waals surface area contributed by atoms with Gasteiger partial charge in [-0.05, 0) is 30.2 Å². The molecule has 7 heteroatoms. The van der Waals surface area contributed by atoms with Crippen LogP contribution in [-0.4, -0.2) is 31.0 Å².